The van der Waals surface area contributed by atoms with Crippen molar-refractivity contribution in [3.8, 4) is 0 Å². The number of hydrogen-bond acceptors (Lipinski definition) is 5. The largest absolute Gasteiger partial charge is 2.00 e. The second-order valence-corrected chi connectivity index (χ2v) is 1.08. The predicted molar refractivity (Wildman–Crippen MR) is 31.3 cm³/mol. The molecule has 0 aromatic carbocycles. The third-order valence-corrected chi connectivity index (χ3v) is 0.468. The van der Waals surface area contributed by atoms with E-state index in [1.54, 1.807) is 0 Å². The summed E-state index contributed by atoms with van der Waals surface area (Å²) in [6.45, 7) is 0. The van der Waals surface area contributed by atoms with E-state index in [-0.39, 0.29) is 33.4 Å². The van der Waals surface area contributed by atoms with E-state index in [2.05, 4.69) is 0 Å². The Bertz CT molecular complexity index is 115. The summed E-state index contributed by atoms with van der Waals surface area (Å²) in [6.07, 6.45) is -2.30. The van der Waals surface area contributed by atoms with Crippen LogP contribution in [-0.2, 0) is 30.7 Å². The number of aliphatic hydroxyl groups excluding tert-OH is 1. The van der Waals surface area contributed by atoms with Gasteiger partial charge in [-0.15, -0.1) is 0 Å². The van der Waals surface area contributed by atoms with Crippen molar-refractivity contribution in [1.82, 2.24) is 12.3 Å². The molecule has 7 nitrogen and oxygen atoms in total. The Morgan fingerprint density at radius 2 is 1.18 bits per heavy atom. The van der Waals surface area contributed by atoms with Crippen molar-refractivity contribution in [2.75, 3.05) is 0 Å². The minimum atomic E-state index is -2.30. The zero-order valence-electron chi connectivity index (χ0n) is 5.47. The molecule has 9 N–H and O–H groups in total. The van der Waals surface area contributed by atoms with Crippen molar-refractivity contribution in [2.45, 2.75) is 6.10 Å². The van der Waals surface area contributed by atoms with Crippen LogP contribution < -0.4 is 12.3 Å². The van der Waals surface area contributed by atoms with Crippen molar-refractivity contribution in [2.24, 2.45) is 0 Å². The molecule has 0 spiro atoms. The predicted octanol–water partition coefficient (Wildman–Crippen LogP) is -1.16. The minimum Gasteiger partial charge on any atom is -0.479 e. The fourth-order valence-corrected chi connectivity index (χ4v) is 0.106. The van der Waals surface area contributed by atoms with Crippen LogP contribution in [-0.4, -0.2) is 33.4 Å². The molecule has 0 aliphatic carbocycles. The number of hydrogen-bond donors (Lipinski definition) is 5. The molecule has 11 heavy (non-hydrogen) atoms. The van der Waals surface area contributed by atoms with Crippen LogP contribution in [0.2, 0.25) is 0 Å². The van der Waals surface area contributed by atoms with Crippen LogP contribution in [0.25, 0.3) is 0 Å². The molecule has 0 amide bonds. The standard InChI is InChI=1S/C3H4O5.2H3N.Pt/c4-1(2(5)6)3(7)8;;;/h1,4H,(H,5,6)(H,7,8);2*1H3;/q;;;+2. The molecule has 0 unspecified atom stereocenters. The van der Waals surface area contributed by atoms with Crippen molar-refractivity contribution in [3.63, 3.8) is 0 Å². The topological polar surface area (TPSA) is 165 Å². The monoisotopic (exact) mass is 349 g/mol. The Balaban J connectivity index is -0.0000000817. The molecule has 0 radical (unpaired) electrons. The first-order valence-corrected chi connectivity index (χ1v) is 1.69. The first-order chi connectivity index (χ1) is 3.55. The normalized spacial score (nSPS) is 6.73. The molecule has 0 atom stereocenters. The average Bonchev–Trinajstić information content (AvgIpc) is 1.64. The molecule has 0 aromatic heterocycles. The van der Waals surface area contributed by atoms with Gasteiger partial charge < -0.3 is 27.6 Å². The smallest absolute Gasteiger partial charge is 0.479 e. The average molecular weight is 349 g/mol. The van der Waals surface area contributed by atoms with E-state index in [9.17, 15) is 9.59 Å². The fourth-order valence-electron chi connectivity index (χ4n) is 0.106. The van der Waals surface area contributed by atoms with Crippen molar-refractivity contribution >= 4 is 11.9 Å². The van der Waals surface area contributed by atoms with Crippen molar-refractivity contribution in [1.29, 1.82) is 0 Å². The molecule has 0 saturated heterocycles. The Morgan fingerprint density at radius 1 is 1.00 bits per heavy atom. The van der Waals surface area contributed by atoms with Crippen LogP contribution in [0.4, 0.5) is 0 Å². The summed E-state index contributed by atoms with van der Waals surface area (Å²) in [7, 11) is 0. The van der Waals surface area contributed by atoms with Gasteiger partial charge in [-0.25, -0.2) is 9.59 Å². The Kier molecular flexibility index (Phi) is 19.4. The van der Waals surface area contributed by atoms with Gasteiger partial charge in [0.1, 0.15) is 0 Å². The molecule has 0 aliphatic rings. The third kappa shape index (κ3) is 9.51. The summed E-state index contributed by atoms with van der Waals surface area (Å²) in [4.78, 5) is 19.0. The zero-order chi connectivity index (χ0) is 6.73. The summed E-state index contributed by atoms with van der Waals surface area (Å²) in [5.41, 5.74) is 0. The van der Waals surface area contributed by atoms with E-state index in [0.717, 1.165) is 0 Å². The minimum absolute atomic E-state index is 0. The van der Waals surface area contributed by atoms with E-state index in [1.807, 2.05) is 0 Å². The van der Waals surface area contributed by atoms with E-state index >= 15 is 0 Å². The summed E-state index contributed by atoms with van der Waals surface area (Å²) in [5.74, 6) is -3.50. The first-order valence-electron chi connectivity index (χ1n) is 1.69. The summed E-state index contributed by atoms with van der Waals surface area (Å²) < 4.78 is 0. The molecular formula is C3H10N2O5Pt+2. The molecule has 0 bridgehead atoms. The second-order valence-electron chi connectivity index (χ2n) is 1.08. The van der Waals surface area contributed by atoms with Crippen LogP contribution in [0.1, 0.15) is 0 Å². The number of aliphatic hydroxyl groups is 1. The maximum absolute atomic E-state index is 9.51. The van der Waals surface area contributed by atoms with E-state index in [0.29, 0.717) is 0 Å². The molecule has 0 aliphatic heterocycles. The Morgan fingerprint density at radius 3 is 1.18 bits per heavy atom. The molecule has 0 heterocycles. The first kappa shape index (κ1) is 22.4. The van der Waals surface area contributed by atoms with Crippen LogP contribution in [0.15, 0.2) is 0 Å². The van der Waals surface area contributed by atoms with Gasteiger partial charge in [0.25, 0.3) is 0 Å². The molecule has 0 fully saturated rings. The maximum Gasteiger partial charge on any atom is 2.00 e. The van der Waals surface area contributed by atoms with Crippen LogP contribution >= 0.6 is 0 Å². The molecule has 0 saturated carbocycles. The molecular weight excluding hydrogens is 339 g/mol. The van der Waals surface area contributed by atoms with E-state index in [4.69, 9.17) is 15.3 Å². The van der Waals surface area contributed by atoms with Gasteiger partial charge in [0.05, 0.1) is 0 Å². The van der Waals surface area contributed by atoms with Gasteiger partial charge in [0.15, 0.2) is 0 Å². The third-order valence-electron chi connectivity index (χ3n) is 0.468. The second kappa shape index (κ2) is 9.51. The fraction of sp³-hybridized carbons (Fsp3) is 0.333. The van der Waals surface area contributed by atoms with Crippen molar-refractivity contribution in [3.05, 3.63) is 0 Å². The Labute approximate surface area is 76.8 Å². The van der Waals surface area contributed by atoms with Gasteiger partial charge in [-0.2, -0.15) is 0 Å². The summed E-state index contributed by atoms with van der Waals surface area (Å²) in [6, 6.07) is 0. The number of carboxylic acids is 2. The van der Waals surface area contributed by atoms with Crippen molar-refractivity contribution < 1.29 is 46.0 Å². The van der Waals surface area contributed by atoms with Gasteiger partial charge in [-0.05, 0) is 0 Å². The van der Waals surface area contributed by atoms with Crippen LogP contribution in [0, 0.1) is 0 Å². The van der Waals surface area contributed by atoms with E-state index in [1.165, 1.54) is 0 Å². The quantitative estimate of drug-likeness (QED) is 0.392. The number of aliphatic carboxylic acids is 2. The number of rotatable bonds is 2. The molecule has 70 valence electrons. The van der Waals surface area contributed by atoms with Crippen LogP contribution in [0.5, 0.6) is 0 Å². The summed E-state index contributed by atoms with van der Waals surface area (Å²) in [5, 5.41) is 23.4. The maximum atomic E-state index is 9.51. The molecule has 0 aromatic rings. The van der Waals surface area contributed by atoms with Gasteiger partial charge >= 0.3 is 33.0 Å². The van der Waals surface area contributed by atoms with Gasteiger partial charge in [-0.3, -0.25) is 0 Å². The van der Waals surface area contributed by atoms with Crippen LogP contribution in [0.3, 0.4) is 0 Å². The number of carboxylic acid groups (broad SMARTS) is 2. The SMILES string of the molecule is N.N.O=C(O)C(O)C(=O)O.[Pt+2]. The Hall–Kier alpha value is -0.492. The number of carbonyl (C=O) groups is 2. The molecule has 0 rings (SSSR count). The zero-order valence-corrected chi connectivity index (χ0v) is 7.74. The summed E-state index contributed by atoms with van der Waals surface area (Å²) >= 11 is 0. The molecule has 8 heteroatoms. The van der Waals surface area contributed by atoms with E-state index < -0.39 is 18.0 Å². The van der Waals surface area contributed by atoms with Gasteiger partial charge in [-0.1, -0.05) is 0 Å². The van der Waals surface area contributed by atoms with Gasteiger partial charge in [0.2, 0.25) is 6.10 Å². The van der Waals surface area contributed by atoms with Gasteiger partial charge in [0, 0.05) is 0 Å².